The second-order valence-electron chi connectivity index (χ2n) is 6.84. The molecule has 0 bridgehead atoms. The van der Waals surface area contributed by atoms with E-state index in [0.717, 1.165) is 38.8 Å². The molecule has 1 aliphatic carbocycles. The minimum absolute atomic E-state index is 0.142. The van der Waals surface area contributed by atoms with Gasteiger partial charge in [-0.1, -0.05) is 19.4 Å². The van der Waals surface area contributed by atoms with Crippen LogP contribution in [-0.4, -0.2) is 29.8 Å². The van der Waals surface area contributed by atoms with E-state index in [9.17, 15) is 9.59 Å². The molecule has 0 aromatic carbocycles. The van der Waals surface area contributed by atoms with Crippen LogP contribution in [0.1, 0.15) is 43.9 Å². The zero-order valence-corrected chi connectivity index (χ0v) is 14.6. The Morgan fingerprint density at radius 2 is 2.13 bits per heavy atom. The lowest BCUT2D eigenvalue weighted by atomic mass is 9.81. The first kappa shape index (κ1) is 16.5. The summed E-state index contributed by atoms with van der Waals surface area (Å²) in [5, 5.41) is 5.06. The Labute approximate surface area is 142 Å². The predicted molar refractivity (Wildman–Crippen MR) is 92.0 cm³/mol. The van der Waals surface area contributed by atoms with Crippen molar-refractivity contribution in [1.29, 1.82) is 0 Å². The van der Waals surface area contributed by atoms with Gasteiger partial charge in [0.25, 0.3) is 0 Å². The molecule has 126 valence electrons. The number of thiophene rings is 1. The fourth-order valence-electron chi connectivity index (χ4n) is 3.51. The van der Waals surface area contributed by atoms with Crippen molar-refractivity contribution in [2.24, 2.45) is 17.8 Å². The van der Waals surface area contributed by atoms with Gasteiger partial charge in [0, 0.05) is 30.3 Å². The van der Waals surface area contributed by atoms with Gasteiger partial charge in [-0.2, -0.15) is 0 Å². The minimum Gasteiger partial charge on any atom is -0.351 e. The molecule has 2 atom stereocenters. The summed E-state index contributed by atoms with van der Waals surface area (Å²) in [5.74, 6) is 1.66. The number of piperidine rings is 1. The summed E-state index contributed by atoms with van der Waals surface area (Å²) in [6.45, 7) is 4.47. The van der Waals surface area contributed by atoms with Gasteiger partial charge in [0.05, 0.1) is 6.54 Å². The van der Waals surface area contributed by atoms with Crippen LogP contribution >= 0.6 is 11.3 Å². The molecule has 2 unspecified atom stereocenters. The molecule has 5 heteroatoms. The Morgan fingerprint density at radius 3 is 2.78 bits per heavy atom. The highest BCUT2D eigenvalue weighted by Gasteiger charge is 2.37. The van der Waals surface area contributed by atoms with Crippen molar-refractivity contribution in [2.45, 2.75) is 45.6 Å². The molecule has 1 aromatic heterocycles. The molecule has 1 saturated heterocycles. The molecule has 2 aliphatic rings. The van der Waals surface area contributed by atoms with E-state index in [4.69, 9.17) is 0 Å². The number of rotatable bonds is 6. The lowest BCUT2D eigenvalue weighted by molar-refractivity contribution is -0.135. The summed E-state index contributed by atoms with van der Waals surface area (Å²) >= 11 is 1.67. The highest BCUT2D eigenvalue weighted by molar-refractivity contribution is 7.09. The van der Waals surface area contributed by atoms with Crippen LogP contribution in [0.25, 0.3) is 0 Å². The first-order valence-electron chi connectivity index (χ1n) is 8.75. The van der Waals surface area contributed by atoms with Crippen molar-refractivity contribution in [3.63, 3.8) is 0 Å². The third-order valence-electron chi connectivity index (χ3n) is 5.14. The van der Waals surface area contributed by atoms with E-state index in [1.165, 1.54) is 4.88 Å². The Bertz CT molecular complexity index is 539. The van der Waals surface area contributed by atoms with E-state index in [1.54, 1.807) is 11.3 Å². The number of nitrogens with one attached hydrogen (secondary N) is 1. The summed E-state index contributed by atoms with van der Waals surface area (Å²) in [7, 11) is 0. The number of carbonyl (C=O) groups excluding carboxylic acids is 2. The molecule has 23 heavy (non-hydrogen) atoms. The topological polar surface area (TPSA) is 49.4 Å². The standard InChI is InChI=1S/C18H26N2O2S/c1-2-13-12-20(18(22)14-5-6-14)8-7-15(13)10-17(21)19-11-16-4-3-9-23-16/h3-4,9,13-15H,2,5-8,10-12H2,1H3,(H,19,21). The molecule has 3 rings (SSSR count). The molecule has 2 fully saturated rings. The van der Waals surface area contributed by atoms with Gasteiger partial charge in [-0.15, -0.1) is 11.3 Å². The second-order valence-corrected chi connectivity index (χ2v) is 7.87. The number of likely N-dealkylation sites (tertiary alicyclic amines) is 1. The second kappa shape index (κ2) is 7.47. The van der Waals surface area contributed by atoms with E-state index in [2.05, 4.69) is 12.2 Å². The molecule has 1 saturated carbocycles. The molecule has 1 aliphatic heterocycles. The fraction of sp³-hybridized carbons (Fsp3) is 0.667. The van der Waals surface area contributed by atoms with Gasteiger partial charge in [0.2, 0.25) is 11.8 Å². The van der Waals surface area contributed by atoms with Crippen LogP contribution in [-0.2, 0) is 16.1 Å². The molecular weight excluding hydrogens is 308 g/mol. The van der Waals surface area contributed by atoms with E-state index in [1.807, 2.05) is 22.4 Å². The van der Waals surface area contributed by atoms with Crippen molar-refractivity contribution in [3.05, 3.63) is 22.4 Å². The Hall–Kier alpha value is -1.36. The number of carbonyl (C=O) groups is 2. The Kier molecular flexibility index (Phi) is 5.36. The highest BCUT2D eigenvalue weighted by atomic mass is 32.1. The molecular formula is C18H26N2O2S. The van der Waals surface area contributed by atoms with Crippen LogP contribution in [0, 0.1) is 17.8 Å². The molecule has 0 spiro atoms. The third-order valence-corrected chi connectivity index (χ3v) is 6.02. The average molecular weight is 334 g/mol. The zero-order valence-electron chi connectivity index (χ0n) is 13.8. The van der Waals surface area contributed by atoms with Crippen molar-refractivity contribution < 1.29 is 9.59 Å². The summed E-state index contributed by atoms with van der Waals surface area (Å²) < 4.78 is 0. The molecule has 1 aromatic rings. The first-order chi connectivity index (χ1) is 11.2. The lowest BCUT2D eigenvalue weighted by Crippen LogP contribution is -2.45. The van der Waals surface area contributed by atoms with Gasteiger partial charge in [0.1, 0.15) is 0 Å². The van der Waals surface area contributed by atoms with Crippen molar-refractivity contribution in [1.82, 2.24) is 10.2 Å². The SMILES string of the molecule is CCC1CN(C(=O)C2CC2)CCC1CC(=O)NCc1cccs1. The van der Waals surface area contributed by atoms with Gasteiger partial charge >= 0.3 is 0 Å². The van der Waals surface area contributed by atoms with E-state index >= 15 is 0 Å². The smallest absolute Gasteiger partial charge is 0.225 e. The third kappa shape index (κ3) is 4.34. The van der Waals surface area contributed by atoms with Gasteiger partial charge in [0.15, 0.2) is 0 Å². The molecule has 1 N–H and O–H groups in total. The number of hydrogen-bond acceptors (Lipinski definition) is 3. The monoisotopic (exact) mass is 334 g/mol. The van der Waals surface area contributed by atoms with E-state index in [0.29, 0.717) is 36.6 Å². The normalized spacial score (nSPS) is 24.5. The predicted octanol–water partition coefficient (Wildman–Crippen LogP) is 3.04. The summed E-state index contributed by atoms with van der Waals surface area (Å²) in [5.41, 5.74) is 0. The average Bonchev–Trinajstić information content (AvgIpc) is 3.28. The van der Waals surface area contributed by atoms with Crippen molar-refractivity contribution >= 4 is 23.2 Å². The number of amides is 2. The quantitative estimate of drug-likeness (QED) is 0.869. The van der Waals surface area contributed by atoms with E-state index in [-0.39, 0.29) is 5.91 Å². The van der Waals surface area contributed by atoms with Gasteiger partial charge < -0.3 is 10.2 Å². The number of hydrogen-bond donors (Lipinski definition) is 1. The maximum atomic E-state index is 12.2. The largest absolute Gasteiger partial charge is 0.351 e. The van der Waals surface area contributed by atoms with Crippen LogP contribution < -0.4 is 5.32 Å². The Balaban J connectivity index is 1.47. The van der Waals surface area contributed by atoms with Crippen LogP contribution in [0.5, 0.6) is 0 Å². The van der Waals surface area contributed by atoms with E-state index < -0.39 is 0 Å². The van der Waals surface area contributed by atoms with Crippen LogP contribution in [0.2, 0.25) is 0 Å². The maximum absolute atomic E-state index is 12.2. The first-order valence-corrected chi connectivity index (χ1v) is 9.63. The van der Waals surface area contributed by atoms with Gasteiger partial charge in [-0.3, -0.25) is 9.59 Å². The summed E-state index contributed by atoms with van der Waals surface area (Å²) in [6.07, 6.45) is 4.73. The molecule has 2 amide bonds. The van der Waals surface area contributed by atoms with Crippen LogP contribution in [0.3, 0.4) is 0 Å². The Morgan fingerprint density at radius 1 is 1.30 bits per heavy atom. The fourth-order valence-corrected chi connectivity index (χ4v) is 4.15. The highest BCUT2D eigenvalue weighted by Crippen LogP contribution is 2.35. The van der Waals surface area contributed by atoms with Gasteiger partial charge in [-0.25, -0.2) is 0 Å². The number of nitrogens with zero attached hydrogens (tertiary/aromatic N) is 1. The molecule has 2 heterocycles. The zero-order chi connectivity index (χ0) is 16.2. The lowest BCUT2D eigenvalue weighted by Gasteiger charge is -2.38. The van der Waals surface area contributed by atoms with Crippen LogP contribution in [0.4, 0.5) is 0 Å². The maximum Gasteiger partial charge on any atom is 0.225 e. The van der Waals surface area contributed by atoms with Crippen molar-refractivity contribution in [3.8, 4) is 0 Å². The van der Waals surface area contributed by atoms with Gasteiger partial charge in [-0.05, 0) is 42.5 Å². The van der Waals surface area contributed by atoms with Crippen molar-refractivity contribution in [2.75, 3.05) is 13.1 Å². The minimum atomic E-state index is 0.142. The molecule has 4 nitrogen and oxygen atoms in total. The molecule has 0 radical (unpaired) electrons. The summed E-state index contributed by atoms with van der Waals surface area (Å²) in [6, 6.07) is 4.05. The summed E-state index contributed by atoms with van der Waals surface area (Å²) in [4.78, 5) is 27.7. The van der Waals surface area contributed by atoms with Crippen LogP contribution in [0.15, 0.2) is 17.5 Å².